The average Bonchev–Trinajstić information content (AvgIpc) is 2.31. The van der Waals surface area contributed by atoms with Crippen LogP contribution >= 0.6 is 15.9 Å². The first-order chi connectivity index (χ1) is 8.54. The quantitative estimate of drug-likeness (QED) is 0.435. The van der Waals surface area contributed by atoms with Gasteiger partial charge in [-0.05, 0) is 24.8 Å². The van der Waals surface area contributed by atoms with E-state index >= 15 is 0 Å². The van der Waals surface area contributed by atoms with Crippen molar-refractivity contribution >= 4 is 21.6 Å². The second-order valence-corrected chi connectivity index (χ2v) is 4.88. The molecule has 0 saturated carbocycles. The molecule has 0 N–H and O–H groups in total. The van der Waals surface area contributed by atoms with Crippen molar-refractivity contribution < 1.29 is 14.1 Å². The van der Waals surface area contributed by atoms with Crippen molar-refractivity contribution in [3.63, 3.8) is 0 Å². The fourth-order valence-corrected chi connectivity index (χ4v) is 2.20. The van der Waals surface area contributed by atoms with Crippen LogP contribution in [0.2, 0.25) is 0 Å². The maximum atomic E-state index is 13.4. The fourth-order valence-electron chi connectivity index (χ4n) is 1.42. The van der Waals surface area contributed by atoms with Gasteiger partial charge in [-0.3, -0.25) is 10.1 Å². The first-order valence-electron chi connectivity index (χ1n) is 5.67. The highest BCUT2D eigenvalue weighted by molar-refractivity contribution is 9.09. The van der Waals surface area contributed by atoms with E-state index in [0.29, 0.717) is 12.5 Å². The Hall–Kier alpha value is -1.17. The summed E-state index contributed by atoms with van der Waals surface area (Å²) in [7, 11) is 0. The minimum atomic E-state index is -0.697. The molecule has 1 atom stereocenters. The summed E-state index contributed by atoms with van der Waals surface area (Å²) in [5.74, 6) is -0.144. The molecule has 0 fully saturated rings. The Labute approximate surface area is 113 Å². The Morgan fingerprint density at radius 2 is 2.22 bits per heavy atom. The summed E-state index contributed by atoms with van der Waals surface area (Å²) >= 11 is 3.36. The van der Waals surface area contributed by atoms with Gasteiger partial charge in [0.2, 0.25) is 0 Å². The molecule has 0 aromatic heterocycles. The van der Waals surface area contributed by atoms with Crippen molar-refractivity contribution in [1.29, 1.82) is 0 Å². The minimum Gasteiger partial charge on any atom is -0.491 e. The molecule has 0 spiro atoms. The molecule has 6 heteroatoms. The number of non-ortho nitro benzene ring substituents is 1. The largest absolute Gasteiger partial charge is 0.491 e. The summed E-state index contributed by atoms with van der Waals surface area (Å²) in [6, 6.07) is 3.40. The van der Waals surface area contributed by atoms with Gasteiger partial charge in [0.05, 0.1) is 17.6 Å². The number of benzene rings is 1. The highest BCUT2D eigenvalue weighted by Crippen LogP contribution is 2.23. The molecule has 0 aliphatic carbocycles. The lowest BCUT2D eigenvalue weighted by molar-refractivity contribution is -0.385. The van der Waals surface area contributed by atoms with Gasteiger partial charge in [-0.1, -0.05) is 22.9 Å². The summed E-state index contributed by atoms with van der Waals surface area (Å²) in [4.78, 5) is 9.80. The van der Waals surface area contributed by atoms with Crippen molar-refractivity contribution in [3.05, 3.63) is 34.1 Å². The predicted octanol–water partition coefficient (Wildman–Crippen LogP) is 3.92. The third kappa shape index (κ3) is 4.60. The first-order valence-corrected chi connectivity index (χ1v) is 6.79. The number of nitro groups is 1. The smallest absolute Gasteiger partial charge is 0.272 e. The van der Waals surface area contributed by atoms with Crippen LogP contribution in [-0.2, 0) is 0 Å². The molecule has 0 bridgehead atoms. The molecule has 0 radical (unpaired) electrons. The summed E-state index contributed by atoms with van der Waals surface area (Å²) in [5.41, 5.74) is -0.271. The van der Waals surface area contributed by atoms with Gasteiger partial charge >= 0.3 is 0 Å². The summed E-state index contributed by atoms with van der Waals surface area (Å²) in [6.45, 7) is 2.50. The van der Waals surface area contributed by atoms with Crippen LogP contribution in [0.5, 0.6) is 5.75 Å². The molecule has 0 heterocycles. The SMILES string of the molecule is CC(CCBr)CCOc1ccc([N+](=O)[O-])cc1F. The number of nitro benzene ring substituents is 1. The molecular weight excluding hydrogens is 305 g/mol. The molecule has 0 aliphatic rings. The molecule has 1 aromatic rings. The maximum Gasteiger partial charge on any atom is 0.272 e. The lowest BCUT2D eigenvalue weighted by Crippen LogP contribution is -2.05. The van der Waals surface area contributed by atoms with E-state index in [1.165, 1.54) is 12.1 Å². The number of hydrogen-bond acceptors (Lipinski definition) is 3. The molecule has 0 amide bonds. The number of halogens is 2. The topological polar surface area (TPSA) is 52.4 Å². The second-order valence-electron chi connectivity index (χ2n) is 4.09. The van der Waals surface area contributed by atoms with E-state index in [4.69, 9.17) is 4.74 Å². The highest BCUT2D eigenvalue weighted by Gasteiger charge is 2.11. The van der Waals surface area contributed by atoms with Crippen molar-refractivity contribution in [1.82, 2.24) is 0 Å². The predicted molar refractivity (Wildman–Crippen MR) is 70.7 cm³/mol. The van der Waals surface area contributed by atoms with E-state index in [0.717, 1.165) is 24.2 Å². The van der Waals surface area contributed by atoms with Crippen molar-refractivity contribution in [2.24, 2.45) is 5.92 Å². The van der Waals surface area contributed by atoms with Gasteiger partial charge in [-0.2, -0.15) is 0 Å². The van der Waals surface area contributed by atoms with Crippen LogP contribution in [0.3, 0.4) is 0 Å². The zero-order chi connectivity index (χ0) is 13.5. The van der Waals surface area contributed by atoms with Gasteiger partial charge in [-0.25, -0.2) is 4.39 Å². The first kappa shape index (κ1) is 14.9. The van der Waals surface area contributed by atoms with Gasteiger partial charge in [0, 0.05) is 11.4 Å². The maximum absolute atomic E-state index is 13.4. The van der Waals surface area contributed by atoms with Crippen LogP contribution in [0.4, 0.5) is 10.1 Å². The minimum absolute atomic E-state index is 0.0617. The van der Waals surface area contributed by atoms with E-state index in [2.05, 4.69) is 22.9 Å². The van der Waals surface area contributed by atoms with Gasteiger partial charge in [0.15, 0.2) is 11.6 Å². The lowest BCUT2D eigenvalue weighted by Gasteiger charge is -2.11. The Bertz CT molecular complexity index is 414. The van der Waals surface area contributed by atoms with E-state index in [-0.39, 0.29) is 11.4 Å². The van der Waals surface area contributed by atoms with Crippen LogP contribution in [0.15, 0.2) is 18.2 Å². The average molecular weight is 320 g/mol. The van der Waals surface area contributed by atoms with Crippen molar-refractivity contribution in [3.8, 4) is 5.75 Å². The Balaban J connectivity index is 2.50. The van der Waals surface area contributed by atoms with E-state index < -0.39 is 10.7 Å². The molecular formula is C12H15BrFNO3. The summed E-state index contributed by atoms with van der Waals surface area (Å²) < 4.78 is 18.7. The number of alkyl halides is 1. The van der Waals surface area contributed by atoms with Crippen molar-refractivity contribution in [2.75, 3.05) is 11.9 Å². The standard InChI is InChI=1S/C12H15BrFNO3/c1-9(4-6-13)5-7-18-12-3-2-10(15(16)17)8-11(12)14/h2-3,8-9H,4-7H2,1H3. The van der Waals surface area contributed by atoms with E-state index in [9.17, 15) is 14.5 Å². The molecule has 0 aliphatic heterocycles. The third-order valence-corrected chi connectivity index (χ3v) is 3.05. The molecule has 1 unspecified atom stereocenters. The van der Waals surface area contributed by atoms with Crippen LogP contribution in [0.25, 0.3) is 0 Å². The number of nitrogens with zero attached hydrogens (tertiary/aromatic N) is 1. The zero-order valence-corrected chi connectivity index (χ0v) is 11.7. The van der Waals surface area contributed by atoms with Gasteiger partial charge in [-0.15, -0.1) is 0 Å². The Morgan fingerprint density at radius 3 is 2.78 bits per heavy atom. The number of rotatable bonds is 7. The number of hydrogen-bond donors (Lipinski definition) is 0. The molecule has 18 heavy (non-hydrogen) atoms. The van der Waals surface area contributed by atoms with Crippen molar-refractivity contribution in [2.45, 2.75) is 19.8 Å². The summed E-state index contributed by atoms with van der Waals surface area (Å²) in [6.07, 6.45) is 1.86. The van der Waals surface area contributed by atoms with Crippen LogP contribution in [-0.4, -0.2) is 16.9 Å². The molecule has 4 nitrogen and oxygen atoms in total. The van der Waals surface area contributed by atoms with Gasteiger partial charge in [0.1, 0.15) is 0 Å². The Kier molecular flexibility index (Phi) is 6.04. The van der Waals surface area contributed by atoms with Crippen LogP contribution < -0.4 is 4.74 Å². The Morgan fingerprint density at radius 1 is 1.50 bits per heavy atom. The fraction of sp³-hybridized carbons (Fsp3) is 0.500. The van der Waals surface area contributed by atoms with E-state index in [1.54, 1.807) is 0 Å². The molecule has 1 rings (SSSR count). The van der Waals surface area contributed by atoms with Gasteiger partial charge in [0.25, 0.3) is 5.69 Å². The summed E-state index contributed by atoms with van der Waals surface area (Å²) in [5, 5.41) is 11.4. The number of ether oxygens (including phenoxy) is 1. The highest BCUT2D eigenvalue weighted by atomic mass is 79.9. The molecule has 100 valence electrons. The van der Waals surface area contributed by atoms with Crippen LogP contribution in [0, 0.1) is 21.8 Å². The third-order valence-electron chi connectivity index (χ3n) is 2.60. The van der Waals surface area contributed by atoms with Gasteiger partial charge < -0.3 is 4.74 Å². The second kappa shape index (κ2) is 7.31. The molecule has 0 saturated heterocycles. The van der Waals surface area contributed by atoms with Crippen LogP contribution in [0.1, 0.15) is 19.8 Å². The van der Waals surface area contributed by atoms with E-state index in [1.807, 2.05) is 0 Å². The lowest BCUT2D eigenvalue weighted by atomic mass is 10.1. The zero-order valence-electron chi connectivity index (χ0n) is 10.1. The normalized spacial score (nSPS) is 12.2. The monoisotopic (exact) mass is 319 g/mol. The molecule has 1 aromatic carbocycles.